The minimum atomic E-state index is -0.828. The fraction of sp³-hybridized carbons (Fsp3) is 0.429. The van der Waals surface area contributed by atoms with Crippen molar-refractivity contribution in [1.82, 2.24) is 4.90 Å². The molecular weight excluding hydrogens is 264 g/mol. The van der Waals surface area contributed by atoms with Gasteiger partial charge in [0.15, 0.2) is 0 Å². The van der Waals surface area contributed by atoms with Crippen molar-refractivity contribution < 1.29 is 9.90 Å². The second kappa shape index (κ2) is 6.05. The number of nitriles is 1. The van der Waals surface area contributed by atoms with Crippen LogP contribution in [0.2, 0.25) is 5.02 Å². The molecule has 100 valence electrons. The molecule has 0 heterocycles. The number of hydrogen-bond acceptors (Lipinski definition) is 3. The van der Waals surface area contributed by atoms with Crippen molar-refractivity contribution in [2.75, 3.05) is 13.1 Å². The van der Waals surface area contributed by atoms with E-state index in [0.717, 1.165) is 12.1 Å². The van der Waals surface area contributed by atoms with E-state index in [1.165, 1.54) is 12.8 Å². The molecule has 1 aliphatic rings. The molecule has 0 aliphatic heterocycles. The first-order valence-electron chi connectivity index (χ1n) is 6.21. The van der Waals surface area contributed by atoms with Crippen LogP contribution < -0.4 is 0 Å². The third kappa shape index (κ3) is 4.23. The molecule has 0 bridgehead atoms. The van der Waals surface area contributed by atoms with Crippen LogP contribution >= 0.6 is 11.6 Å². The van der Waals surface area contributed by atoms with Gasteiger partial charge in [-0.3, -0.25) is 9.69 Å². The second-order valence-corrected chi connectivity index (χ2v) is 5.33. The van der Waals surface area contributed by atoms with E-state index in [1.54, 1.807) is 18.2 Å². The van der Waals surface area contributed by atoms with Crippen molar-refractivity contribution in [3.05, 3.63) is 34.3 Å². The molecule has 2 rings (SSSR count). The predicted octanol–water partition coefficient (Wildman–Crippen LogP) is 2.51. The zero-order valence-corrected chi connectivity index (χ0v) is 11.2. The normalized spacial score (nSPS) is 14.4. The number of aliphatic carboxylic acids is 1. The van der Waals surface area contributed by atoms with Crippen molar-refractivity contribution in [1.29, 1.82) is 5.26 Å². The van der Waals surface area contributed by atoms with Crippen molar-refractivity contribution in [3.8, 4) is 6.07 Å². The summed E-state index contributed by atoms with van der Waals surface area (Å²) in [5.41, 5.74) is 1.38. The Hall–Kier alpha value is -1.57. The molecule has 0 radical (unpaired) electrons. The molecule has 1 aliphatic carbocycles. The lowest BCUT2D eigenvalue weighted by molar-refractivity contribution is -0.138. The Balaban J connectivity index is 2.06. The number of nitrogens with zero attached hydrogens (tertiary/aromatic N) is 2. The van der Waals surface area contributed by atoms with Gasteiger partial charge >= 0.3 is 5.97 Å². The van der Waals surface area contributed by atoms with Crippen LogP contribution in [0.3, 0.4) is 0 Å². The molecule has 4 nitrogen and oxygen atoms in total. The molecule has 1 fully saturated rings. The number of carboxylic acids is 1. The van der Waals surface area contributed by atoms with Crippen molar-refractivity contribution >= 4 is 17.6 Å². The molecule has 0 unspecified atom stereocenters. The highest BCUT2D eigenvalue weighted by molar-refractivity contribution is 6.31. The fourth-order valence-corrected chi connectivity index (χ4v) is 2.27. The molecule has 0 spiro atoms. The average Bonchev–Trinajstić information content (AvgIpc) is 3.14. The number of benzene rings is 1. The van der Waals surface area contributed by atoms with E-state index < -0.39 is 5.97 Å². The van der Waals surface area contributed by atoms with Crippen LogP contribution in [0.1, 0.15) is 24.0 Å². The van der Waals surface area contributed by atoms with E-state index in [4.69, 9.17) is 22.0 Å². The minimum absolute atomic E-state index is 0.0207. The van der Waals surface area contributed by atoms with Crippen LogP contribution in [-0.2, 0) is 11.3 Å². The van der Waals surface area contributed by atoms with E-state index >= 15 is 0 Å². The van der Waals surface area contributed by atoms with Gasteiger partial charge in [-0.25, -0.2) is 0 Å². The van der Waals surface area contributed by atoms with Crippen LogP contribution in [0.15, 0.2) is 18.2 Å². The fourth-order valence-electron chi connectivity index (χ4n) is 2.03. The Morgan fingerprint density at radius 3 is 2.79 bits per heavy atom. The van der Waals surface area contributed by atoms with E-state index in [0.29, 0.717) is 23.0 Å². The Kier molecular flexibility index (Phi) is 4.41. The number of rotatable bonds is 6. The SMILES string of the molecule is N#Cc1ccc(CN(CC(=O)O)CC2CC2)c(Cl)c1. The summed E-state index contributed by atoms with van der Waals surface area (Å²) >= 11 is 6.12. The lowest BCUT2D eigenvalue weighted by Gasteiger charge is -2.20. The first kappa shape index (κ1) is 13.9. The van der Waals surface area contributed by atoms with Gasteiger partial charge in [0, 0.05) is 18.1 Å². The number of hydrogen-bond donors (Lipinski definition) is 1. The largest absolute Gasteiger partial charge is 0.480 e. The van der Waals surface area contributed by atoms with Gasteiger partial charge in [-0.05, 0) is 36.5 Å². The molecule has 1 aromatic rings. The molecule has 0 aromatic heterocycles. The highest BCUT2D eigenvalue weighted by atomic mass is 35.5. The Morgan fingerprint density at radius 1 is 1.53 bits per heavy atom. The summed E-state index contributed by atoms with van der Waals surface area (Å²) in [5.74, 6) is -0.207. The molecule has 0 amide bonds. The molecule has 0 saturated heterocycles. The van der Waals surface area contributed by atoms with Crippen LogP contribution in [0.4, 0.5) is 0 Å². The Bertz CT molecular complexity index is 521. The van der Waals surface area contributed by atoms with E-state index in [9.17, 15) is 4.79 Å². The van der Waals surface area contributed by atoms with Crippen molar-refractivity contribution in [2.45, 2.75) is 19.4 Å². The minimum Gasteiger partial charge on any atom is -0.480 e. The second-order valence-electron chi connectivity index (χ2n) is 4.92. The molecular formula is C14H15ClN2O2. The lowest BCUT2D eigenvalue weighted by atomic mass is 10.1. The lowest BCUT2D eigenvalue weighted by Crippen LogP contribution is -2.31. The Labute approximate surface area is 117 Å². The van der Waals surface area contributed by atoms with Gasteiger partial charge in [-0.1, -0.05) is 17.7 Å². The topological polar surface area (TPSA) is 64.3 Å². The monoisotopic (exact) mass is 278 g/mol. The third-order valence-electron chi connectivity index (χ3n) is 3.15. The molecule has 1 saturated carbocycles. The summed E-state index contributed by atoms with van der Waals surface area (Å²) < 4.78 is 0. The zero-order valence-electron chi connectivity index (χ0n) is 10.5. The van der Waals surface area contributed by atoms with Gasteiger partial charge in [-0.2, -0.15) is 5.26 Å². The maximum absolute atomic E-state index is 10.9. The van der Waals surface area contributed by atoms with Crippen LogP contribution in [-0.4, -0.2) is 29.1 Å². The van der Waals surface area contributed by atoms with Gasteiger partial charge in [0.25, 0.3) is 0 Å². The summed E-state index contributed by atoms with van der Waals surface area (Å²) in [6.45, 7) is 1.32. The summed E-state index contributed by atoms with van der Waals surface area (Å²) in [6, 6.07) is 7.15. The third-order valence-corrected chi connectivity index (χ3v) is 3.50. The molecule has 1 aromatic carbocycles. The molecule has 1 N–H and O–H groups in total. The van der Waals surface area contributed by atoms with Crippen molar-refractivity contribution in [2.24, 2.45) is 5.92 Å². The van der Waals surface area contributed by atoms with Crippen LogP contribution in [0, 0.1) is 17.2 Å². The first-order chi connectivity index (χ1) is 9.08. The molecule has 19 heavy (non-hydrogen) atoms. The highest BCUT2D eigenvalue weighted by Crippen LogP contribution is 2.30. The summed E-state index contributed by atoms with van der Waals surface area (Å²) in [6.07, 6.45) is 2.36. The molecule has 0 atom stereocenters. The van der Waals surface area contributed by atoms with Gasteiger partial charge in [-0.15, -0.1) is 0 Å². The smallest absolute Gasteiger partial charge is 0.317 e. The van der Waals surface area contributed by atoms with Crippen molar-refractivity contribution in [3.63, 3.8) is 0 Å². The Morgan fingerprint density at radius 2 is 2.26 bits per heavy atom. The first-order valence-corrected chi connectivity index (χ1v) is 6.59. The van der Waals surface area contributed by atoms with Crippen LogP contribution in [0.5, 0.6) is 0 Å². The maximum Gasteiger partial charge on any atom is 0.317 e. The van der Waals surface area contributed by atoms with Gasteiger partial charge in [0.1, 0.15) is 0 Å². The maximum atomic E-state index is 10.9. The highest BCUT2D eigenvalue weighted by Gasteiger charge is 2.25. The molecule has 5 heteroatoms. The van der Waals surface area contributed by atoms with E-state index in [-0.39, 0.29) is 6.54 Å². The van der Waals surface area contributed by atoms with Crippen LogP contribution in [0.25, 0.3) is 0 Å². The van der Waals surface area contributed by atoms with Gasteiger partial charge in [0.2, 0.25) is 0 Å². The zero-order chi connectivity index (χ0) is 13.8. The van der Waals surface area contributed by atoms with Gasteiger partial charge in [0.05, 0.1) is 18.2 Å². The quantitative estimate of drug-likeness (QED) is 0.868. The van der Waals surface area contributed by atoms with Gasteiger partial charge < -0.3 is 5.11 Å². The van der Waals surface area contributed by atoms with E-state index in [2.05, 4.69) is 0 Å². The summed E-state index contributed by atoms with van der Waals surface area (Å²) in [5, 5.41) is 18.2. The summed E-state index contributed by atoms with van der Waals surface area (Å²) in [4.78, 5) is 12.8. The number of carbonyl (C=O) groups is 1. The standard InChI is InChI=1S/C14H15ClN2O2/c15-13-5-11(6-16)3-4-12(13)8-17(9-14(18)19)7-10-1-2-10/h3-5,10H,1-2,7-9H2,(H,18,19). The predicted molar refractivity (Wildman–Crippen MR) is 71.8 cm³/mol. The average molecular weight is 279 g/mol. The number of halogens is 1. The van der Waals surface area contributed by atoms with E-state index in [1.807, 2.05) is 11.0 Å². The summed E-state index contributed by atoms with van der Waals surface area (Å²) in [7, 11) is 0. The number of carboxylic acid groups (broad SMARTS) is 1.